The summed E-state index contributed by atoms with van der Waals surface area (Å²) in [7, 11) is -3.45. The molecule has 112 valence electrons. The third-order valence-corrected chi connectivity index (χ3v) is 5.27. The summed E-state index contributed by atoms with van der Waals surface area (Å²) in [5.41, 5.74) is 2.07. The molecule has 1 heterocycles. The predicted octanol–water partition coefficient (Wildman–Crippen LogP) is 3.07. The number of sulfone groups is 1. The maximum Gasteiger partial charge on any atom is 0.206 e. The summed E-state index contributed by atoms with van der Waals surface area (Å²) in [4.78, 5) is 4.62. The topological polar surface area (TPSA) is 52.0 Å². The van der Waals surface area contributed by atoms with Crippen LogP contribution in [-0.4, -0.2) is 18.0 Å². The average molecular weight is 312 g/mol. The van der Waals surface area contributed by atoms with E-state index in [0.717, 1.165) is 11.1 Å². The highest BCUT2D eigenvalue weighted by atomic mass is 32.2. The van der Waals surface area contributed by atoms with Gasteiger partial charge in [-0.2, -0.15) is 0 Å². The third kappa shape index (κ3) is 2.94. The van der Waals surface area contributed by atoms with Crippen molar-refractivity contribution in [3.63, 3.8) is 0 Å². The van der Waals surface area contributed by atoms with E-state index in [0.29, 0.717) is 16.3 Å². The van der Waals surface area contributed by atoms with Crippen molar-refractivity contribution in [2.75, 3.05) is 0 Å². The minimum absolute atomic E-state index is 0.311. The standard InChI is InChI=1S/C17H16N2O2S/c1-14-2-6-16(7-3-14)22(20,21)17-8-4-15(5-9-17)12-19-11-10-18-13-19/h2-11,13H,12H2,1H3. The van der Waals surface area contributed by atoms with Gasteiger partial charge in [0.25, 0.3) is 0 Å². The zero-order valence-corrected chi connectivity index (χ0v) is 13.0. The molecule has 0 spiro atoms. The fourth-order valence-electron chi connectivity index (χ4n) is 2.22. The maximum atomic E-state index is 12.6. The molecule has 3 rings (SSSR count). The van der Waals surface area contributed by atoms with Crippen molar-refractivity contribution < 1.29 is 8.42 Å². The zero-order valence-electron chi connectivity index (χ0n) is 12.2. The van der Waals surface area contributed by atoms with Crippen LogP contribution < -0.4 is 0 Å². The fraction of sp³-hybridized carbons (Fsp3) is 0.118. The van der Waals surface area contributed by atoms with Gasteiger partial charge in [0.15, 0.2) is 0 Å². The van der Waals surface area contributed by atoms with E-state index in [1.807, 2.05) is 29.8 Å². The smallest absolute Gasteiger partial charge is 0.206 e. The van der Waals surface area contributed by atoms with Gasteiger partial charge < -0.3 is 4.57 Å². The molecule has 0 amide bonds. The first-order valence-electron chi connectivity index (χ1n) is 6.92. The van der Waals surface area contributed by atoms with E-state index >= 15 is 0 Å². The number of nitrogens with zero attached hydrogens (tertiary/aromatic N) is 2. The molecule has 0 saturated carbocycles. The minimum Gasteiger partial charge on any atom is -0.333 e. The van der Waals surface area contributed by atoms with Crippen LogP contribution in [0.15, 0.2) is 77.0 Å². The Kier molecular flexibility index (Phi) is 3.81. The Labute approximate surface area is 130 Å². The molecule has 0 unspecified atom stereocenters. The van der Waals surface area contributed by atoms with Crippen LogP contribution in [0.1, 0.15) is 11.1 Å². The van der Waals surface area contributed by atoms with Crippen LogP contribution in [0.2, 0.25) is 0 Å². The molecule has 22 heavy (non-hydrogen) atoms. The molecule has 0 atom stereocenters. The molecule has 2 aromatic carbocycles. The normalized spacial score (nSPS) is 11.5. The lowest BCUT2D eigenvalue weighted by atomic mass is 10.2. The molecule has 0 N–H and O–H groups in total. The molecule has 0 saturated heterocycles. The Morgan fingerprint density at radius 3 is 2.09 bits per heavy atom. The van der Waals surface area contributed by atoms with Crippen molar-refractivity contribution in [2.24, 2.45) is 0 Å². The Bertz CT molecular complexity index is 850. The lowest BCUT2D eigenvalue weighted by molar-refractivity contribution is 0.596. The Balaban J connectivity index is 1.87. The molecular formula is C17H16N2O2S. The SMILES string of the molecule is Cc1ccc(S(=O)(=O)c2ccc(Cn3ccnc3)cc2)cc1. The Hall–Kier alpha value is -2.40. The highest BCUT2D eigenvalue weighted by molar-refractivity contribution is 7.91. The van der Waals surface area contributed by atoms with E-state index in [2.05, 4.69) is 4.98 Å². The van der Waals surface area contributed by atoms with Crippen LogP contribution in [0.5, 0.6) is 0 Å². The molecule has 5 heteroatoms. The molecule has 1 aromatic heterocycles. The maximum absolute atomic E-state index is 12.6. The van der Waals surface area contributed by atoms with Gasteiger partial charge in [0.1, 0.15) is 0 Å². The summed E-state index contributed by atoms with van der Waals surface area (Å²) < 4.78 is 27.1. The van der Waals surface area contributed by atoms with Crippen molar-refractivity contribution in [2.45, 2.75) is 23.3 Å². The predicted molar refractivity (Wildman–Crippen MR) is 84.4 cm³/mol. The minimum atomic E-state index is -3.45. The molecular weight excluding hydrogens is 296 g/mol. The van der Waals surface area contributed by atoms with Crippen molar-refractivity contribution in [3.8, 4) is 0 Å². The fourth-order valence-corrected chi connectivity index (χ4v) is 3.48. The van der Waals surface area contributed by atoms with Crippen LogP contribution in [-0.2, 0) is 16.4 Å². The van der Waals surface area contributed by atoms with E-state index in [4.69, 9.17) is 0 Å². The lowest BCUT2D eigenvalue weighted by Crippen LogP contribution is -2.03. The molecule has 0 bridgehead atoms. The van der Waals surface area contributed by atoms with Crippen LogP contribution >= 0.6 is 0 Å². The van der Waals surface area contributed by atoms with Crippen LogP contribution in [0.3, 0.4) is 0 Å². The highest BCUT2D eigenvalue weighted by Gasteiger charge is 2.17. The Morgan fingerprint density at radius 2 is 1.55 bits per heavy atom. The average Bonchev–Trinajstić information content (AvgIpc) is 3.01. The molecule has 0 fully saturated rings. The van der Waals surface area contributed by atoms with Gasteiger partial charge in [0.2, 0.25) is 9.84 Å². The van der Waals surface area contributed by atoms with Gasteiger partial charge in [-0.25, -0.2) is 13.4 Å². The number of hydrogen-bond acceptors (Lipinski definition) is 3. The van der Waals surface area contributed by atoms with E-state index in [1.165, 1.54) is 0 Å². The van der Waals surface area contributed by atoms with E-state index in [9.17, 15) is 8.42 Å². The van der Waals surface area contributed by atoms with E-state index < -0.39 is 9.84 Å². The quantitative estimate of drug-likeness (QED) is 0.744. The van der Waals surface area contributed by atoms with Crippen LogP contribution in [0, 0.1) is 6.92 Å². The van der Waals surface area contributed by atoms with Gasteiger partial charge in [-0.3, -0.25) is 0 Å². The summed E-state index contributed by atoms with van der Waals surface area (Å²) in [5, 5.41) is 0. The van der Waals surface area contributed by atoms with Gasteiger partial charge in [0.05, 0.1) is 16.1 Å². The lowest BCUT2D eigenvalue weighted by Gasteiger charge is -2.07. The number of aromatic nitrogens is 2. The number of imidazole rings is 1. The van der Waals surface area contributed by atoms with Crippen molar-refractivity contribution in [1.82, 2.24) is 9.55 Å². The van der Waals surface area contributed by atoms with Crippen LogP contribution in [0.25, 0.3) is 0 Å². The molecule has 0 aliphatic carbocycles. The molecule has 0 radical (unpaired) electrons. The summed E-state index contributed by atoms with van der Waals surface area (Å²) >= 11 is 0. The molecule has 4 nitrogen and oxygen atoms in total. The van der Waals surface area contributed by atoms with Gasteiger partial charge in [0, 0.05) is 18.9 Å². The van der Waals surface area contributed by atoms with E-state index in [-0.39, 0.29) is 0 Å². The van der Waals surface area contributed by atoms with Crippen LogP contribution in [0.4, 0.5) is 0 Å². The van der Waals surface area contributed by atoms with Crippen molar-refractivity contribution >= 4 is 9.84 Å². The van der Waals surface area contributed by atoms with Gasteiger partial charge in [-0.05, 0) is 36.8 Å². The largest absolute Gasteiger partial charge is 0.333 e. The first kappa shape index (κ1) is 14.5. The van der Waals surface area contributed by atoms with Crippen molar-refractivity contribution in [3.05, 3.63) is 78.4 Å². The first-order chi connectivity index (χ1) is 10.6. The molecule has 3 aromatic rings. The second kappa shape index (κ2) is 5.77. The summed E-state index contributed by atoms with van der Waals surface area (Å²) in [6.07, 6.45) is 5.32. The number of rotatable bonds is 4. The van der Waals surface area contributed by atoms with Gasteiger partial charge in [-0.1, -0.05) is 29.8 Å². The number of hydrogen-bond donors (Lipinski definition) is 0. The number of aryl methyl sites for hydroxylation is 1. The summed E-state index contributed by atoms with van der Waals surface area (Å²) in [6, 6.07) is 13.9. The highest BCUT2D eigenvalue weighted by Crippen LogP contribution is 2.21. The number of benzene rings is 2. The second-order valence-corrected chi connectivity index (χ2v) is 7.15. The Morgan fingerprint density at radius 1 is 0.955 bits per heavy atom. The van der Waals surface area contributed by atoms with E-state index in [1.54, 1.807) is 48.9 Å². The monoisotopic (exact) mass is 312 g/mol. The van der Waals surface area contributed by atoms with Gasteiger partial charge in [-0.15, -0.1) is 0 Å². The summed E-state index contributed by atoms with van der Waals surface area (Å²) in [5.74, 6) is 0. The summed E-state index contributed by atoms with van der Waals surface area (Å²) in [6.45, 7) is 2.60. The molecule has 0 aliphatic rings. The second-order valence-electron chi connectivity index (χ2n) is 5.20. The third-order valence-electron chi connectivity index (χ3n) is 3.49. The molecule has 0 aliphatic heterocycles. The van der Waals surface area contributed by atoms with Crippen molar-refractivity contribution in [1.29, 1.82) is 0 Å². The van der Waals surface area contributed by atoms with Gasteiger partial charge >= 0.3 is 0 Å². The zero-order chi connectivity index (χ0) is 15.6. The first-order valence-corrected chi connectivity index (χ1v) is 8.40.